The van der Waals surface area contributed by atoms with Gasteiger partial charge in [-0.25, -0.2) is 9.78 Å². The third kappa shape index (κ3) is 4.54. The number of halogens is 1. The van der Waals surface area contributed by atoms with Crippen molar-refractivity contribution in [2.45, 2.75) is 0 Å². The lowest BCUT2D eigenvalue weighted by atomic mass is 10.0. The molecule has 5 rings (SSSR count). The van der Waals surface area contributed by atoms with Crippen LogP contribution in [0.1, 0.15) is 20.7 Å². The minimum Gasteiger partial charge on any atom is -0.465 e. The van der Waals surface area contributed by atoms with Crippen molar-refractivity contribution in [2.24, 2.45) is 0 Å². The van der Waals surface area contributed by atoms with E-state index in [9.17, 15) is 9.59 Å². The fourth-order valence-corrected chi connectivity index (χ4v) is 4.97. The van der Waals surface area contributed by atoms with Crippen LogP contribution in [0.3, 0.4) is 0 Å². The number of para-hydroxylation sites is 1. The Morgan fingerprint density at radius 2 is 1.63 bits per heavy atom. The number of carbonyl (C=O) groups excluding carboxylic acids is 2. The molecule has 1 N–H and O–H groups in total. The summed E-state index contributed by atoms with van der Waals surface area (Å²) >= 11 is 7.29. The van der Waals surface area contributed by atoms with Crippen LogP contribution in [-0.4, -0.2) is 24.0 Å². The summed E-state index contributed by atoms with van der Waals surface area (Å²) in [5, 5.41) is 6.49. The average molecular weight is 499 g/mol. The van der Waals surface area contributed by atoms with Crippen LogP contribution in [0.4, 0.5) is 5.00 Å². The Labute approximate surface area is 211 Å². The van der Waals surface area contributed by atoms with Crippen molar-refractivity contribution in [3.63, 3.8) is 0 Å². The molecule has 0 saturated heterocycles. The molecule has 0 aliphatic carbocycles. The van der Waals surface area contributed by atoms with Crippen LogP contribution in [0.2, 0.25) is 5.02 Å². The highest BCUT2D eigenvalue weighted by Gasteiger charge is 2.24. The summed E-state index contributed by atoms with van der Waals surface area (Å²) in [6, 6.07) is 26.1. The number of hydrogen-bond acceptors (Lipinski definition) is 5. The number of amides is 1. The molecule has 2 aromatic heterocycles. The largest absolute Gasteiger partial charge is 0.465 e. The molecule has 0 fully saturated rings. The molecule has 0 bridgehead atoms. The Balaban J connectivity index is 1.58. The molecule has 35 heavy (non-hydrogen) atoms. The Morgan fingerprint density at radius 1 is 0.914 bits per heavy atom. The molecule has 0 atom stereocenters. The lowest BCUT2D eigenvalue weighted by molar-refractivity contribution is 0.0603. The zero-order chi connectivity index (χ0) is 24.4. The van der Waals surface area contributed by atoms with Crippen molar-refractivity contribution in [1.82, 2.24) is 4.98 Å². The second-order valence-electron chi connectivity index (χ2n) is 7.74. The van der Waals surface area contributed by atoms with Gasteiger partial charge < -0.3 is 10.1 Å². The summed E-state index contributed by atoms with van der Waals surface area (Å²) in [6.45, 7) is 0. The maximum Gasteiger partial charge on any atom is 0.341 e. The summed E-state index contributed by atoms with van der Waals surface area (Å²) < 4.78 is 5.04. The number of nitrogens with one attached hydrogen (secondary N) is 1. The third-order valence-electron chi connectivity index (χ3n) is 5.59. The molecule has 0 aliphatic heterocycles. The lowest BCUT2D eigenvalue weighted by Gasteiger charge is -2.11. The van der Waals surface area contributed by atoms with Gasteiger partial charge in [-0.1, -0.05) is 72.3 Å². The predicted molar refractivity (Wildman–Crippen MR) is 141 cm³/mol. The number of carbonyl (C=O) groups is 2. The first-order chi connectivity index (χ1) is 17.0. The van der Waals surface area contributed by atoms with Crippen molar-refractivity contribution in [3.8, 4) is 22.4 Å². The molecule has 5 aromatic rings. The number of rotatable bonds is 5. The van der Waals surface area contributed by atoms with Gasteiger partial charge in [-0.2, -0.15) is 0 Å². The summed E-state index contributed by atoms with van der Waals surface area (Å²) in [5.74, 6) is -0.869. The van der Waals surface area contributed by atoms with E-state index in [0.717, 1.165) is 16.5 Å². The van der Waals surface area contributed by atoms with Gasteiger partial charge in [0.25, 0.3) is 5.91 Å². The van der Waals surface area contributed by atoms with Crippen molar-refractivity contribution in [1.29, 1.82) is 0 Å². The van der Waals surface area contributed by atoms with Crippen LogP contribution in [0.15, 0.2) is 90.3 Å². The molecular weight excluding hydrogens is 480 g/mol. The molecular formula is C28H19ClN2O3S. The van der Waals surface area contributed by atoms with Crippen molar-refractivity contribution in [3.05, 3.63) is 106 Å². The van der Waals surface area contributed by atoms with Crippen molar-refractivity contribution in [2.75, 3.05) is 12.4 Å². The second-order valence-corrected chi connectivity index (χ2v) is 9.06. The van der Waals surface area contributed by atoms with E-state index in [1.165, 1.54) is 18.4 Å². The fraction of sp³-hybridized carbons (Fsp3) is 0.0357. The summed E-state index contributed by atoms with van der Waals surface area (Å²) in [6.07, 6.45) is 0. The van der Waals surface area contributed by atoms with Crippen LogP contribution in [0, 0.1) is 0 Å². The quantitative estimate of drug-likeness (QED) is 0.258. The number of esters is 1. The summed E-state index contributed by atoms with van der Waals surface area (Å²) in [4.78, 5) is 31.0. The lowest BCUT2D eigenvalue weighted by Crippen LogP contribution is -2.15. The van der Waals surface area contributed by atoms with Crippen LogP contribution >= 0.6 is 22.9 Å². The molecule has 172 valence electrons. The second kappa shape index (κ2) is 9.70. The Kier molecular flexibility index (Phi) is 6.31. The topological polar surface area (TPSA) is 68.3 Å². The monoisotopic (exact) mass is 498 g/mol. The number of fused-ring (bicyclic) bond motifs is 1. The van der Waals surface area contributed by atoms with E-state index in [0.29, 0.717) is 37.9 Å². The number of nitrogens with zero attached hydrogens (tertiary/aromatic N) is 1. The minimum atomic E-state index is -0.531. The molecule has 2 heterocycles. The molecule has 0 unspecified atom stereocenters. The highest BCUT2D eigenvalue weighted by molar-refractivity contribution is 7.15. The van der Waals surface area contributed by atoms with E-state index in [1.54, 1.807) is 18.2 Å². The molecule has 0 saturated carbocycles. The number of thiophene rings is 1. The molecule has 0 spiro atoms. The normalized spacial score (nSPS) is 10.8. The number of benzene rings is 3. The first kappa shape index (κ1) is 22.8. The Bertz CT molecular complexity index is 1550. The van der Waals surface area contributed by atoms with Crippen LogP contribution in [0.25, 0.3) is 33.3 Å². The van der Waals surface area contributed by atoms with Gasteiger partial charge in [0.15, 0.2) is 0 Å². The number of aromatic nitrogens is 1. The number of pyridine rings is 1. The highest BCUT2D eigenvalue weighted by atomic mass is 35.5. The zero-order valence-electron chi connectivity index (χ0n) is 18.6. The minimum absolute atomic E-state index is 0.301. The third-order valence-corrected chi connectivity index (χ3v) is 6.74. The van der Waals surface area contributed by atoms with E-state index >= 15 is 0 Å². The van der Waals surface area contributed by atoms with Gasteiger partial charge in [-0.15, -0.1) is 11.3 Å². The summed E-state index contributed by atoms with van der Waals surface area (Å²) in [7, 11) is 1.32. The van der Waals surface area contributed by atoms with E-state index in [1.807, 2.05) is 72.1 Å². The van der Waals surface area contributed by atoms with E-state index in [-0.39, 0.29) is 5.91 Å². The van der Waals surface area contributed by atoms with Gasteiger partial charge in [0.2, 0.25) is 0 Å². The van der Waals surface area contributed by atoms with Gasteiger partial charge in [-0.3, -0.25) is 4.79 Å². The highest BCUT2D eigenvalue weighted by Crippen LogP contribution is 2.37. The maximum atomic E-state index is 13.6. The molecule has 3 aromatic carbocycles. The number of methoxy groups -OCH3 is 1. The first-order valence-corrected chi connectivity index (χ1v) is 12.0. The zero-order valence-corrected chi connectivity index (χ0v) is 20.2. The van der Waals surface area contributed by atoms with Crippen LogP contribution in [-0.2, 0) is 4.74 Å². The SMILES string of the molecule is COC(=O)c1c(-c2ccc(Cl)cc2)csc1NC(=O)c1cc(-c2ccccc2)nc2ccccc12. The molecule has 0 aliphatic rings. The van der Waals surface area contributed by atoms with E-state index in [4.69, 9.17) is 21.3 Å². The number of ether oxygens (including phenoxy) is 1. The number of anilines is 1. The Morgan fingerprint density at radius 3 is 2.37 bits per heavy atom. The van der Waals surface area contributed by atoms with E-state index in [2.05, 4.69) is 5.32 Å². The predicted octanol–water partition coefficient (Wildman–Crippen LogP) is 7.32. The van der Waals surface area contributed by atoms with Crippen molar-refractivity contribution >= 4 is 50.7 Å². The first-order valence-electron chi connectivity index (χ1n) is 10.8. The summed E-state index contributed by atoms with van der Waals surface area (Å²) in [5.41, 5.74) is 4.53. The molecule has 5 nitrogen and oxygen atoms in total. The van der Waals surface area contributed by atoms with Gasteiger partial charge in [0.05, 0.1) is 23.9 Å². The van der Waals surface area contributed by atoms with Crippen LogP contribution in [0.5, 0.6) is 0 Å². The smallest absolute Gasteiger partial charge is 0.341 e. The standard InChI is InChI=1S/C28H19ClN2O3S/c1-34-28(33)25-22(17-11-13-19(29)14-12-17)16-35-27(25)31-26(32)21-15-24(18-7-3-2-4-8-18)30-23-10-6-5-9-20(21)23/h2-16H,1H3,(H,31,32). The van der Waals surface area contributed by atoms with E-state index < -0.39 is 5.97 Å². The molecule has 7 heteroatoms. The van der Waals surface area contributed by atoms with Gasteiger partial charge in [-0.05, 0) is 29.8 Å². The van der Waals surface area contributed by atoms with Gasteiger partial charge >= 0.3 is 5.97 Å². The molecule has 0 radical (unpaired) electrons. The average Bonchev–Trinajstić information content (AvgIpc) is 3.31. The Hall–Kier alpha value is -4.00. The maximum absolute atomic E-state index is 13.6. The fourth-order valence-electron chi connectivity index (χ4n) is 3.89. The van der Waals surface area contributed by atoms with Crippen LogP contribution < -0.4 is 5.32 Å². The molecule has 1 amide bonds. The van der Waals surface area contributed by atoms with Crippen molar-refractivity contribution < 1.29 is 14.3 Å². The van der Waals surface area contributed by atoms with Gasteiger partial charge in [0, 0.05) is 26.9 Å². The van der Waals surface area contributed by atoms with Gasteiger partial charge in [0.1, 0.15) is 10.6 Å². The number of hydrogen-bond donors (Lipinski definition) is 1.